The zero-order valence-electron chi connectivity index (χ0n) is 13.9. The van der Waals surface area contributed by atoms with Crippen molar-refractivity contribution in [3.63, 3.8) is 0 Å². The van der Waals surface area contributed by atoms with Gasteiger partial charge in [0.2, 0.25) is 5.88 Å². The van der Waals surface area contributed by atoms with E-state index in [0.717, 1.165) is 38.5 Å². The first-order valence-electron chi connectivity index (χ1n) is 7.93. The summed E-state index contributed by atoms with van der Waals surface area (Å²) in [6, 6.07) is 14.0. The fourth-order valence-electron chi connectivity index (χ4n) is 3.13. The molecule has 0 spiro atoms. The van der Waals surface area contributed by atoms with Crippen LogP contribution < -0.4 is 0 Å². The van der Waals surface area contributed by atoms with E-state index in [0.29, 0.717) is 3.95 Å². The minimum atomic E-state index is 0.178. The second kappa shape index (κ2) is 6.10. The second-order valence-corrected chi connectivity index (χ2v) is 7.68. The molecule has 0 amide bonds. The smallest absolute Gasteiger partial charge is 0.215 e. The van der Waals surface area contributed by atoms with Gasteiger partial charge in [0.1, 0.15) is 0 Å². The molecule has 0 fully saturated rings. The number of rotatable bonds is 2. The molecule has 5 heteroatoms. The summed E-state index contributed by atoms with van der Waals surface area (Å²) in [6.07, 6.45) is 3.78. The van der Waals surface area contributed by atoms with E-state index in [1.54, 1.807) is 4.57 Å². The SMILES string of the molecule is Cc1cccc(C)c1-n1c(O)c(/C=C2\C=Nc3ccccc32)sc1=S. The topological polar surface area (TPSA) is 37.5 Å². The van der Waals surface area contributed by atoms with E-state index in [1.165, 1.54) is 11.3 Å². The van der Waals surface area contributed by atoms with Gasteiger partial charge in [0.05, 0.1) is 16.3 Å². The highest BCUT2D eigenvalue weighted by atomic mass is 32.1. The molecular formula is C20H16N2OS2. The molecule has 1 N–H and O–H groups in total. The van der Waals surface area contributed by atoms with Crippen LogP contribution in [0.25, 0.3) is 17.3 Å². The molecule has 3 aromatic rings. The van der Waals surface area contributed by atoms with Crippen LogP contribution in [0.15, 0.2) is 47.5 Å². The number of para-hydroxylation sites is 2. The molecule has 0 aliphatic carbocycles. The van der Waals surface area contributed by atoms with Gasteiger partial charge >= 0.3 is 0 Å². The maximum Gasteiger partial charge on any atom is 0.215 e. The van der Waals surface area contributed by atoms with Crippen molar-refractivity contribution in [3.8, 4) is 11.6 Å². The molecule has 1 aliphatic heterocycles. The van der Waals surface area contributed by atoms with Gasteiger partial charge in [-0.25, -0.2) is 0 Å². The van der Waals surface area contributed by atoms with Crippen LogP contribution in [0.2, 0.25) is 0 Å². The van der Waals surface area contributed by atoms with Gasteiger partial charge in [-0.15, -0.1) is 11.3 Å². The molecule has 0 saturated heterocycles. The Bertz CT molecular complexity index is 1080. The maximum absolute atomic E-state index is 10.8. The Labute approximate surface area is 155 Å². The normalized spacial score (nSPS) is 14.2. The molecule has 0 radical (unpaired) electrons. The van der Waals surface area contributed by atoms with E-state index in [-0.39, 0.29) is 5.88 Å². The average molecular weight is 364 g/mol. The van der Waals surface area contributed by atoms with E-state index in [2.05, 4.69) is 4.99 Å². The number of aryl methyl sites for hydroxylation is 2. The zero-order valence-corrected chi connectivity index (χ0v) is 15.5. The number of benzene rings is 2. The van der Waals surface area contributed by atoms with Crippen LogP contribution in [-0.2, 0) is 0 Å². The molecule has 0 unspecified atom stereocenters. The van der Waals surface area contributed by atoms with Crippen LogP contribution in [-0.4, -0.2) is 15.9 Å². The lowest BCUT2D eigenvalue weighted by molar-refractivity contribution is 0.440. The summed E-state index contributed by atoms with van der Waals surface area (Å²) in [5.74, 6) is 0.178. The first kappa shape index (κ1) is 16.0. The number of hydrogen-bond donors (Lipinski definition) is 1. The Morgan fingerprint density at radius 2 is 1.80 bits per heavy atom. The molecule has 2 heterocycles. The standard InChI is InChI=1S/C20H16N2OS2/c1-12-6-5-7-13(2)18(12)22-19(23)17(25-20(22)24)10-14-11-21-16-9-4-3-8-15(14)16/h3-11,23H,1-2H3/b14-10+. The number of aromatic nitrogens is 1. The van der Waals surface area contributed by atoms with Crippen LogP contribution in [0.5, 0.6) is 5.88 Å². The number of fused-ring (bicyclic) bond motifs is 1. The first-order chi connectivity index (χ1) is 12.1. The molecule has 4 rings (SSSR count). The Morgan fingerprint density at radius 3 is 2.56 bits per heavy atom. The third kappa shape index (κ3) is 2.65. The molecule has 1 aromatic heterocycles. The summed E-state index contributed by atoms with van der Waals surface area (Å²) < 4.78 is 2.39. The summed E-state index contributed by atoms with van der Waals surface area (Å²) in [6.45, 7) is 4.05. The third-order valence-electron chi connectivity index (χ3n) is 4.32. The highest BCUT2D eigenvalue weighted by Crippen LogP contribution is 2.37. The van der Waals surface area contributed by atoms with Gasteiger partial charge in [0, 0.05) is 17.4 Å². The molecule has 124 valence electrons. The summed E-state index contributed by atoms with van der Waals surface area (Å²) in [4.78, 5) is 5.16. The van der Waals surface area contributed by atoms with E-state index in [4.69, 9.17) is 12.2 Å². The van der Waals surface area contributed by atoms with E-state index < -0.39 is 0 Å². The summed E-state index contributed by atoms with van der Waals surface area (Å²) in [5.41, 5.74) is 6.11. The number of hydrogen-bond acceptors (Lipinski definition) is 4. The van der Waals surface area contributed by atoms with Crippen molar-refractivity contribution in [1.82, 2.24) is 4.57 Å². The van der Waals surface area contributed by atoms with Gasteiger partial charge < -0.3 is 5.11 Å². The lowest BCUT2D eigenvalue weighted by Gasteiger charge is -2.11. The lowest BCUT2D eigenvalue weighted by Crippen LogP contribution is -1.99. The predicted molar refractivity (Wildman–Crippen MR) is 108 cm³/mol. The maximum atomic E-state index is 10.8. The third-order valence-corrected chi connectivity index (χ3v) is 5.63. The number of aromatic hydroxyl groups is 1. The van der Waals surface area contributed by atoms with E-state index in [9.17, 15) is 5.11 Å². The van der Waals surface area contributed by atoms with Crippen molar-refractivity contribution >= 4 is 47.1 Å². The van der Waals surface area contributed by atoms with Crippen LogP contribution in [0.1, 0.15) is 21.6 Å². The Morgan fingerprint density at radius 1 is 1.08 bits per heavy atom. The van der Waals surface area contributed by atoms with E-state index in [1.807, 2.05) is 68.6 Å². The summed E-state index contributed by atoms with van der Waals surface area (Å²) in [7, 11) is 0. The summed E-state index contributed by atoms with van der Waals surface area (Å²) >= 11 is 6.94. The van der Waals surface area contributed by atoms with Crippen molar-refractivity contribution < 1.29 is 5.11 Å². The number of nitrogens with zero attached hydrogens (tertiary/aromatic N) is 2. The molecule has 2 aromatic carbocycles. The van der Waals surface area contributed by atoms with Gasteiger partial charge in [0.25, 0.3) is 0 Å². The molecule has 0 bridgehead atoms. The molecule has 0 atom stereocenters. The molecule has 3 nitrogen and oxygen atoms in total. The zero-order chi connectivity index (χ0) is 17.6. The van der Waals surface area contributed by atoms with Crippen molar-refractivity contribution in [1.29, 1.82) is 0 Å². The van der Waals surface area contributed by atoms with Gasteiger partial charge in [-0.05, 0) is 49.3 Å². The average Bonchev–Trinajstić information content (AvgIpc) is 3.11. The molecule has 1 aliphatic rings. The van der Waals surface area contributed by atoms with Crippen molar-refractivity contribution in [3.05, 3.63) is 68.0 Å². The van der Waals surface area contributed by atoms with Crippen molar-refractivity contribution in [2.45, 2.75) is 13.8 Å². The number of thiazole rings is 1. The van der Waals surface area contributed by atoms with Crippen molar-refractivity contribution in [2.24, 2.45) is 4.99 Å². The fourth-order valence-corrected chi connectivity index (χ4v) is 4.40. The number of allylic oxidation sites excluding steroid dienone is 1. The van der Waals surface area contributed by atoms with Crippen LogP contribution in [0.3, 0.4) is 0 Å². The van der Waals surface area contributed by atoms with Crippen LogP contribution in [0, 0.1) is 17.8 Å². The first-order valence-corrected chi connectivity index (χ1v) is 9.15. The van der Waals surface area contributed by atoms with E-state index >= 15 is 0 Å². The quantitative estimate of drug-likeness (QED) is 0.579. The minimum Gasteiger partial charge on any atom is -0.493 e. The molecule has 25 heavy (non-hydrogen) atoms. The Hall–Kier alpha value is -2.50. The van der Waals surface area contributed by atoms with Gasteiger partial charge in [-0.2, -0.15) is 0 Å². The number of aliphatic imine (C=N–C) groups is 1. The van der Waals surface area contributed by atoms with Crippen LogP contribution >= 0.6 is 23.6 Å². The lowest BCUT2D eigenvalue weighted by atomic mass is 10.1. The largest absolute Gasteiger partial charge is 0.493 e. The Balaban J connectivity index is 1.87. The monoisotopic (exact) mass is 364 g/mol. The van der Waals surface area contributed by atoms with Crippen LogP contribution in [0.4, 0.5) is 5.69 Å². The molecule has 0 saturated carbocycles. The van der Waals surface area contributed by atoms with Crippen molar-refractivity contribution in [2.75, 3.05) is 0 Å². The molecular weight excluding hydrogens is 348 g/mol. The van der Waals surface area contributed by atoms with Gasteiger partial charge in [-0.1, -0.05) is 36.4 Å². The highest BCUT2D eigenvalue weighted by molar-refractivity contribution is 7.73. The fraction of sp³-hybridized carbons (Fsp3) is 0.100. The summed E-state index contributed by atoms with van der Waals surface area (Å²) in [5, 5.41) is 10.8. The van der Waals surface area contributed by atoms with Gasteiger partial charge in [0.15, 0.2) is 3.95 Å². The highest BCUT2D eigenvalue weighted by Gasteiger charge is 2.17. The predicted octanol–water partition coefficient (Wildman–Crippen LogP) is 5.85. The second-order valence-electron chi connectivity index (χ2n) is 6.01. The van der Waals surface area contributed by atoms with Gasteiger partial charge in [-0.3, -0.25) is 9.56 Å². The Kier molecular flexibility index (Phi) is 3.90. The minimum absolute atomic E-state index is 0.178.